The summed E-state index contributed by atoms with van der Waals surface area (Å²) in [5.41, 5.74) is 6.90. The Morgan fingerprint density at radius 3 is 2.67 bits per heavy atom. The van der Waals surface area contributed by atoms with E-state index in [1.54, 1.807) is 0 Å². The van der Waals surface area contributed by atoms with E-state index in [-0.39, 0.29) is 0 Å². The van der Waals surface area contributed by atoms with Crippen LogP contribution in [0.1, 0.15) is 31.2 Å². The molecule has 0 bridgehead atoms. The van der Waals surface area contributed by atoms with E-state index in [4.69, 9.17) is 5.73 Å². The monoisotopic (exact) mass is 225 g/mol. The number of nitrogen functional groups attached to an aromatic ring is 1. The molecular formula is C11H19N3S. The second-order valence-electron chi connectivity index (χ2n) is 4.53. The zero-order valence-electron chi connectivity index (χ0n) is 9.49. The number of hydrogen-bond acceptors (Lipinski definition) is 4. The molecule has 1 aromatic heterocycles. The van der Waals surface area contributed by atoms with Crippen molar-refractivity contribution in [3.05, 3.63) is 5.56 Å². The molecule has 1 aliphatic carbocycles. The van der Waals surface area contributed by atoms with E-state index >= 15 is 0 Å². The molecule has 1 aromatic rings. The average Bonchev–Trinajstić information content (AvgIpc) is 2.79. The maximum absolute atomic E-state index is 5.76. The van der Waals surface area contributed by atoms with Crippen LogP contribution in [0.2, 0.25) is 0 Å². The van der Waals surface area contributed by atoms with Gasteiger partial charge in [0.05, 0.1) is 0 Å². The minimum Gasteiger partial charge on any atom is -0.383 e. The smallest absolute Gasteiger partial charge is 0.142 e. The molecule has 0 aromatic carbocycles. The fourth-order valence-corrected chi connectivity index (χ4v) is 3.14. The molecule has 0 radical (unpaired) electrons. The van der Waals surface area contributed by atoms with Gasteiger partial charge in [0.2, 0.25) is 0 Å². The molecule has 3 nitrogen and oxygen atoms in total. The molecule has 0 atom stereocenters. The topological polar surface area (TPSA) is 42.1 Å². The predicted octanol–water partition coefficient (Wildman–Crippen LogP) is 2.66. The maximum atomic E-state index is 5.76. The van der Waals surface area contributed by atoms with E-state index in [1.165, 1.54) is 42.2 Å². The third-order valence-electron chi connectivity index (χ3n) is 3.29. The number of aromatic nitrogens is 1. The first-order chi connectivity index (χ1) is 7.18. The largest absolute Gasteiger partial charge is 0.383 e. The van der Waals surface area contributed by atoms with Gasteiger partial charge in [0.15, 0.2) is 0 Å². The van der Waals surface area contributed by atoms with Crippen molar-refractivity contribution >= 4 is 22.4 Å². The van der Waals surface area contributed by atoms with E-state index in [1.807, 2.05) is 0 Å². The summed E-state index contributed by atoms with van der Waals surface area (Å²) in [5.74, 6) is 1.56. The van der Waals surface area contributed by atoms with Crippen molar-refractivity contribution in [2.75, 3.05) is 24.2 Å². The SMILES string of the molecule is Cc1c(N)nsc1N(C)CC1CCCC1. The zero-order valence-corrected chi connectivity index (χ0v) is 10.3. The van der Waals surface area contributed by atoms with E-state index in [9.17, 15) is 0 Å². The van der Waals surface area contributed by atoms with Crippen molar-refractivity contribution < 1.29 is 0 Å². The number of nitrogens with zero attached hydrogens (tertiary/aromatic N) is 2. The second kappa shape index (κ2) is 4.39. The lowest BCUT2D eigenvalue weighted by Gasteiger charge is -2.21. The van der Waals surface area contributed by atoms with Gasteiger partial charge in [-0.15, -0.1) is 0 Å². The molecular weight excluding hydrogens is 206 g/mol. The Bertz CT molecular complexity index is 329. The summed E-state index contributed by atoms with van der Waals surface area (Å²) in [4.78, 5) is 2.32. The normalized spacial score (nSPS) is 17.2. The molecule has 84 valence electrons. The molecule has 1 fully saturated rings. The van der Waals surface area contributed by atoms with Crippen molar-refractivity contribution in [1.82, 2.24) is 4.37 Å². The van der Waals surface area contributed by atoms with E-state index in [0.29, 0.717) is 5.82 Å². The summed E-state index contributed by atoms with van der Waals surface area (Å²) >= 11 is 1.52. The molecule has 1 saturated carbocycles. The van der Waals surface area contributed by atoms with Gasteiger partial charge in [0, 0.05) is 19.2 Å². The van der Waals surface area contributed by atoms with Crippen molar-refractivity contribution in [3.8, 4) is 0 Å². The first kappa shape index (κ1) is 10.7. The van der Waals surface area contributed by atoms with Crippen LogP contribution >= 0.6 is 11.5 Å². The fourth-order valence-electron chi connectivity index (χ4n) is 2.36. The summed E-state index contributed by atoms with van der Waals surface area (Å²) in [5, 5.41) is 1.24. The molecule has 2 rings (SSSR count). The van der Waals surface area contributed by atoms with Crippen LogP contribution in [0, 0.1) is 12.8 Å². The lowest BCUT2D eigenvalue weighted by atomic mass is 10.1. The van der Waals surface area contributed by atoms with Crippen molar-refractivity contribution in [2.45, 2.75) is 32.6 Å². The Balaban J connectivity index is 2.00. The lowest BCUT2D eigenvalue weighted by Crippen LogP contribution is -2.23. The van der Waals surface area contributed by atoms with Crippen molar-refractivity contribution in [3.63, 3.8) is 0 Å². The Morgan fingerprint density at radius 2 is 2.13 bits per heavy atom. The molecule has 1 heterocycles. The van der Waals surface area contributed by atoms with Gasteiger partial charge in [-0.05, 0) is 37.2 Å². The number of rotatable bonds is 3. The van der Waals surface area contributed by atoms with Gasteiger partial charge in [-0.25, -0.2) is 0 Å². The summed E-state index contributed by atoms with van der Waals surface area (Å²) in [7, 11) is 2.15. The van der Waals surface area contributed by atoms with Gasteiger partial charge in [0.1, 0.15) is 10.8 Å². The van der Waals surface area contributed by atoms with Gasteiger partial charge in [-0.2, -0.15) is 4.37 Å². The maximum Gasteiger partial charge on any atom is 0.142 e. The van der Waals surface area contributed by atoms with E-state index < -0.39 is 0 Å². The Hall–Kier alpha value is -0.770. The van der Waals surface area contributed by atoms with Crippen LogP contribution in [0.3, 0.4) is 0 Å². The zero-order chi connectivity index (χ0) is 10.8. The van der Waals surface area contributed by atoms with Crippen LogP contribution in [0.5, 0.6) is 0 Å². The first-order valence-electron chi connectivity index (χ1n) is 5.61. The highest BCUT2D eigenvalue weighted by molar-refractivity contribution is 7.10. The molecule has 0 amide bonds. The van der Waals surface area contributed by atoms with Crippen LogP contribution in [-0.2, 0) is 0 Å². The Labute approximate surface area is 95.4 Å². The molecule has 0 unspecified atom stereocenters. The molecule has 0 saturated heterocycles. The van der Waals surface area contributed by atoms with Gasteiger partial charge in [-0.1, -0.05) is 12.8 Å². The third-order valence-corrected chi connectivity index (χ3v) is 4.37. The van der Waals surface area contributed by atoms with Crippen LogP contribution < -0.4 is 10.6 Å². The average molecular weight is 225 g/mol. The van der Waals surface area contributed by atoms with Gasteiger partial charge in [-0.3, -0.25) is 0 Å². The molecule has 4 heteroatoms. The highest BCUT2D eigenvalue weighted by atomic mass is 32.1. The van der Waals surface area contributed by atoms with Crippen molar-refractivity contribution in [1.29, 1.82) is 0 Å². The van der Waals surface area contributed by atoms with Gasteiger partial charge >= 0.3 is 0 Å². The number of anilines is 2. The second-order valence-corrected chi connectivity index (χ2v) is 5.28. The molecule has 0 spiro atoms. The summed E-state index contributed by atoms with van der Waals surface area (Å²) in [6.07, 6.45) is 5.58. The Kier molecular flexibility index (Phi) is 3.14. The van der Waals surface area contributed by atoms with Gasteiger partial charge in [0.25, 0.3) is 0 Å². The van der Waals surface area contributed by atoms with E-state index in [2.05, 4.69) is 23.2 Å². The van der Waals surface area contributed by atoms with Crippen LogP contribution in [0.4, 0.5) is 10.8 Å². The van der Waals surface area contributed by atoms with Crippen LogP contribution in [0.25, 0.3) is 0 Å². The fraction of sp³-hybridized carbons (Fsp3) is 0.727. The molecule has 2 N–H and O–H groups in total. The number of hydrogen-bond donors (Lipinski definition) is 1. The lowest BCUT2D eigenvalue weighted by molar-refractivity contribution is 0.548. The minimum atomic E-state index is 0.688. The number of nitrogens with two attached hydrogens (primary N) is 1. The van der Waals surface area contributed by atoms with Crippen molar-refractivity contribution in [2.24, 2.45) is 5.92 Å². The summed E-state index contributed by atoms with van der Waals surface area (Å²) in [6.45, 7) is 3.21. The molecule has 1 aliphatic rings. The summed E-state index contributed by atoms with van der Waals surface area (Å²) in [6, 6.07) is 0. The first-order valence-corrected chi connectivity index (χ1v) is 6.38. The minimum absolute atomic E-state index is 0.688. The Morgan fingerprint density at radius 1 is 1.47 bits per heavy atom. The van der Waals surface area contributed by atoms with Crippen LogP contribution in [-0.4, -0.2) is 18.0 Å². The summed E-state index contributed by atoms with van der Waals surface area (Å²) < 4.78 is 4.19. The van der Waals surface area contributed by atoms with E-state index in [0.717, 1.165) is 18.0 Å². The molecule has 0 aliphatic heterocycles. The third kappa shape index (κ3) is 2.25. The highest BCUT2D eigenvalue weighted by Crippen LogP contribution is 2.32. The molecule has 15 heavy (non-hydrogen) atoms. The van der Waals surface area contributed by atoms with Crippen LogP contribution in [0.15, 0.2) is 0 Å². The quantitative estimate of drug-likeness (QED) is 0.860. The highest BCUT2D eigenvalue weighted by Gasteiger charge is 2.19. The standard InChI is InChI=1S/C11H19N3S/c1-8-10(12)13-15-11(8)14(2)7-9-5-3-4-6-9/h9H,3-7H2,1-2H3,(H2,12,13). The predicted molar refractivity (Wildman–Crippen MR) is 66.5 cm³/mol. The van der Waals surface area contributed by atoms with Gasteiger partial charge < -0.3 is 10.6 Å².